The van der Waals surface area contributed by atoms with Gasteiger partial charge in [0, 0.05) is 29.0 Å². The molecule has 0 radical (unpaired) electrons. The average Bonchev–Trinajstić information content (AvgIpc) is 2.50. The van der Waals surface area contributed by atoms with Gasteiger partial charge in [0.1, 0.15) is 0 Å². The second kappa shape index (κ2) is 5.28. The van der Waals surface area contributed by atoms with Crippen LogP contribution in [0.2, 0.25) is 0 Å². The fraction of sp³-hybridized carbons (Fsp3) is 0.0625. The molecule has 0 aliphatic rings. The van der Waals surface area contributed by atoms with E-state index in [0.717, 1.165) is 21.9 Å². The van der Waals surface area contributed by atoms with Gasteiger partial charge in [0.2, 0.25) is 0 Å². The minimum Gasteiger partial charge on any atom is -0.398 e. The van der Waals surface area contributed by atoms with Crippen molar-refractivity contribution < 1.29 is 0 Å². The van der Waals surface area contributed by atoms with Crippen molar-refractivity contribution in [2.75, 3.05) is 5.73 Å². The number of hydrogen-bond acceptors (Lipinski definition) is 4. The number of aromatic nitrogens is 1. The molecule has 0 fully saturated rings. The van der Waals surface area contributed by atoms with E-state index < -0.39 is 0 Å². The second-order valence-corrected chi connectivity index (χ2v) is 4.68. The molecule has 1 unspecified atom stereocenters. The minimum atomic E-state index is -0.185. The second-order valence-electron chi connectivity index (χ2n) is 4.68. The van der Waals surface area contributed by atoms with Gasteiger partial charge in [0.15, 0.2) is 0 Å². The van der Waals surface area contributed by atoms with Crippen molar-refractivity contribution in [1.82, 2.24) is 10.4 Å². The zero-order valence-electron chi connectivity index (χ0n) is 11.0. The lowest BCUT2D eigenvalue weighted by Crippen LogP contribution is -2.29. The van der Waals surface area contributed by atoms with E-state index >= 15 is 0 Å². The van der Waals surface area contributed by atoms with E-state index in [0.29, 0.717) is 5.69 Å². The summed E-state index contributed by atoms with van der Waals surface area (Å²) in [4.78, 5) is 4.30. The van der Waals surface area contributed by atoms with Crippen LogP contribution in [0.4, 0.5) is 5.69 Å². The first kappa shape index (κ1) is 12.6. The number of nitrogens with two attached hydrogens (primary N) is 2. The van der Waals surface area contributed by atoms with Crippen LogP contribution in [0, 0.1) is 0 Å². The number of hydrazine groups is 1. The number of nitrogens with zero attached hydrogens (tertiary/aromatic N) is 1. The van der Waals surface area contributed by atoms with E-state index in [1.54, 1.807) is 0 Å². The van der Waals surface area contributed by atoms with Crippen LogP contribution in [0.15, 0.2) is 60.9 Å². The molecular formula is C16H16N4. The Morgan fingerprint density at radius 3 is 2.45 bits per heavy atom. The Labute approximate surface area is 117 Å². The monoisotopic (exact) mass is 264 g/mol. The maximum atomic E-state index is 6.06. The van der Waals surface area contributed by atoms with Gasteiger partial charge in [-0.25, -0.2) is 5.43 Å². The molecule has 3 rings (SSSR count). The van der Waals surface area contributed by atoms with Crippen molar-refractivity contribution in [3.63, 3.8) is 0 Å². The lowest BCUT2D eigenvalue weighted by atomic mass is 9.95. The first-order valence-electron chi connectivity index (χ1n) is 6.44. The normalized spacial score (nSPS) is 12.4. The van der Waals surface area contributed by atoms with Crippen LogP contribution >= 0.6 is 0 Å². The summed E-state index contributed by atoms with van der Waals surface area (Å²) in [6, 6.07) is 15.6. The first-order chi connectivity index (χ1) is 9.81. The average molecular weight is 264 g/mol. The Kier molecular flexibility index (Phi) is 3.33. The summed E-state index contributed by atoms with van der Waals surface area (Å²) in [5.41, 5.74) is 11.6. The molecule has 2 aromatic carbocycles. The van der Waals surface area contributed by atoms with Crippen molar-refractivity contribution >= 4 is 16.5 Å². The van der Waals surface area contributed by atoms with Crippen LogP contribution in [0.25, 0.3) is 10.8 Å². The van der Waals surface area contributed by atoms with Crippen molar-refractivity contribution in [2.24, 2.45) is 5.84 Å². The van der Waals surface area contributed by atoms with Gasteiger partial charge in [-0.2, -0.15) is 0 Å². The van der Waals surface area contributed by atoms with Crippen LogP contribution in [-0.2, 0) is 0 Å². The van der Waals surface area contributed by atoms with Gasteiger partial charge in [-0.05, 0) is 17.0 Å². The number of nitrogens with one attached hydrogen (secondary N) is 1. The Hall–Kier alpha value is -2.43. The van der Waals surface area contributed by atoms with Crippen LogP contribution in [0.3, 0.4) is 0 Å². The Bertz CT molecular complexity index is 734. The fourth-order valence-corrected chi connectivity index (χ4v) is 2.49. The molecule has 0 spiro atoms. The summed E-state index contributed by atoms with van der Waals surface area (Å²) in [5.74, 6) is 5.76. The highest BCUT2D eigenvalue weighted by atomic mass is 15.2. The highest BCUT2D eigenvalue weighted by Crippen LogP contribution is 2.30. The van der Waals surface area contributed by atoms with Crippen LogP contribution in [-0.4, -0.2) is 4.98 Å². The molecule has 100 valence electrons. The highest BCUT2D eigenvalue weighted by molar-refractivity contribution is 5.85. The molecule has 4 nitrogen and oxygen atoms in total. The number of para-hydroxylation sites is 1. The molecular weight excluding hydrogens is 248 g/mol. The standard InChI is InChI=1S/C16H16N4/c17-15-8-4-3-7-13(15)16(20-18)14-10-19-9-11-5-1-2-6-12(11)14/h1-10,16,20H,17-18H2. The van der Waals surface area contributed by atoms with E-state index in [1.165, 1.54) is 0 Å². The Morgan fingerprint density at radius 2 is 1.65 bits per heavy atom. The largest absolute Gasteiger partial charge is 0.398 e. The van der Waals surface area contributed by atoms with Crippen LogP contribution < -0.4 is 17.0 Å². The molecule has 0 saturated carbocycles. The number of fused-ring (bicyclic) bond motifs is 1. The van der Waals surface area contributed by atoms with Crippen molar-refractivity contribution in [2.45, 2.75) is 6.04 Å². The van der Waals surface area contributed by atoms with Crippen LogP contribution in [0.5, 0.6) is 0 Å². The van der Waals surface area contributed by atoms with Crippen LogP contribution in [0.1, 0.15) is 17.2 Å². The summed E-state index contributed by atoms with van der Waals surface area (Å²) in [6.45, 7) is 0. The van der Waals surface area contributed by atoms with Gasteiger partial charge in [0.25, 0.3) is 0 Å². The van der Waals surface area contributed by atoms with E-state index in [-0.39, 0.29) is 6.04 Å². The van der Waals surface area contributed by atoms with Gasteiger partial charge in [-0.3, -0.25) is 10.8 Å². The smallest absolute Gasteiger partial charge is 0.0751 e. The maximum absolute atomic E-state index is 6.06. The third kappa shape index (κ3) is 2.11. The molecule has 1 aromatic heterocycles. The summed E-state index contributed by atoms with van der Waals surface area (Å²) < 4.78 is 0. The molecule has 0 aliphatic carbocycles. The molecule has 0 aliphatic heterocycles. The lowest BCUT2D eigenvalue weighted by Gasteiger charge is -2.20. The summed E-state index contributed by atoms with van der Waals surface area (Å²) in [5, 5.41) is 2.20. The zero-order valence-corrected chi connectivity index (χ0v) is 11.0. The molecule has 4 heteroatoms. The van der Waals surface area contributed by atoms with E-state index in [1.807, 2.05) is 54.9 Å². The maximum Gasteiger partial charge on any atom is 0.0751 e. The number of pyridine rings is 1. The summed E-state index contributed by atoms with van der Waals surface area (Å²) in [7, 11) is 0. The predicted octanol–water partition coefficient (Wildman–Crippen LogP) is 2.37. The fourth-order valence-electron chi connectivity index (χ4n) is 2.49. The van der Waals surface area contributed by atoms with Gasteiger partial charge in [-0.15, -0.1) is 0 Å². The third-order valence-electron chi connectivity index (χ3n) is 3.48. The molecule has 0 amide bonds. The van der Waals surface area contributed by atoms with Crippen molar-refractivity contribution in [1.29, 1.82) is 0 Å². The van der Waals surface area contributed by atoms with Gasteiger partial charge in [-0.1, -0.05) is 42.5 Å². The van der Waals surface area contributed by atoms with E-state index in [9.17, 15) is 0 Å². The van der Waals surface area contributed by atoms with Gasteiger partial charge >= 0.3 is 0 Å². The molecule has 0 saturated heterocycles. The summed E-state index contributed by atoms with van der Waals surface area (Å²) >= 11 is 0. The van der Waals surface area contributed by atoms with E-state index in [4.69, 9.17) is 11.6 Å². The first-order valence-corrected chi connectivity index (χ1v) is 6.44. The Morgan fingerprint density at radius 1 is 0.900 bits per heavy atom. The number of rotatable bonds is 3. The molecule has 0 bridgehead atoms. The van der Waals surface area contributed by atoms with Crippen molar-refractivity contribution in [3.8, 4) is 0 Å². The van der Waals surface area contributed by atoms with Gasteiger partial charge in [0.05, 0.1) is 6.04 Å². The minimum absolute atomic E-state index is 0.185. The molecule has 1 atom stereocenters. The Balaban J connectivity index is 2.20. The lowest BCUT2D eigenvalue weighted by molar-refractivity contribution is 0.640. The van der Waals surface area contributed by atoms with Crippen molar-refractivity contribution in [3.05, 3.63) is 72.1 Å². The quantitative estimate of drug-likeness (QED) is 0.385. The number of benzene rings is 2. The number of anilines is 1. The third-order valence-corrected chi connectivity index (χ3v) is 3.48. The number of nitrogen functional groups attached to an aromatic ring is 1. The zero-order chi connectivity index (χ0) is 13.9. The van der Waals surface area contributed by atoms with E-state index in [2.05, 4.69) is 16.5 Å². The van der Waals surface area contributed by atoms with Gasteiger partial charge < -0.3 is 5.73 Å². The molecule has 20 heavy (non-hydrogen) atoms. The highest BCUT2D eigenvalue weighted by Gasteiger charge is 2.17. The molecule has 1 heterocycles. The predicted molar refractivity (Wildman–Crippen MR) is 81.8 cm³/mol. The molecule has 3 aromatic rings. The topological polar surface area (TPSA) is 77.0 Å². The molecule has 5 N–H and O–H groups in total. The SMILES string of the molecule is NNC(c1ccccc1N)c1cncc2ccccc12. The summed E-state index contributed by atoms with van der Waals surface area (Å²) in [6.07, 6.45) is 3.68. The number of hydrogen-bond donors (Lipinski definition) is 3.